The second-order valence-corrected chi connectivity index (χ2v) is 3.62. The summed E-state index contributed by atoms with van der Waals surface area (Å²) >= 11 is 0. The van der Waals surface area contributed by atoms with Crippen LogP contribution in [0.5, 0.6) is 0 Å². The summed E-state index contributed by atoms with van der Waals surface area (Å²) in [4.78, 5) is 0. The van der Waals surface area contributed by atoms with Gasteiger partial charge in [0.2, 0.25) is 0 Å². The first-order chi connectivity index (χ1) is 6.61. The lowest BCUT2D eigenvalue weighted by molar-refractivity contribution is 0.222. The van der Waals surface area contributed by atoms with Crippen LogP contribution in [0.2, 0.25) is 0 Å². The highest BCUT2D eigenvalue weighted by Crippen LogP contribution is 2.12. The van der Waals surface area contributed by atoms with E-state index in [-0.39, 0.29) is 0 Å². The predicted octanol–water partition coefficient (Wildman–Crippen LogP) is 4.23. The van der Waals surface area contributed by atoms with Gasteiger partial charge in [-0.25, -0.2) is 0 Å². The summed E-state index contributed by atoms with van der Waals surface area (Å²) < 4.78 is 5.67. The van der Waals surface area contributed by atoms with Crippen molar-refractivity contribution in [2.75, 3.05) is 6.61 Å². The van der Waals surface area contributed by atoms with Gasteiger partial charge in [0.15, 0.2) is 0 Å². The Kier molecular flexibility index (Phi) is 6.91. The highest BCUT2D eigenvalue weighted by molar-refractivity contribution is 5.28. The maximum atomic E-state index is 5.67. The van der Waals surface area contributed by atoms with E-state index < -0.39 is 0 Å². The Hall–Kier alpha value is -0.980. The zero-order chi connectivity index (χ0) is 11.0. The number of rotatable bonds is 5. The minimum absolute atomic E-state index is 0.786. The lowest BCUT2D eigenvalue weighted by atomic mass is 10.2. The molecule has 0 amide bonds. The normalized spacial score (nSPS) is 12.6. The Labute approximate surface area is 88.2 Å². The largest absolute Gasteiger partial charge is 0.493 e. The molecule has 0 rings (SSSR count). The van der Waals surface area contributed by atoms with Crippen molar-refractivity contribution in [3.63, 3.8) is 0 Å². The lowest BCUT2D eigenvalue weighted by Crippen LogP contribution is -1.94. The van der Waals surface area contributed by atoms with Crippen molar-refractivity contribution in [1.82, 2.24) is 0 Å². The molecule has 1 heteroatoms. The third kappa shape index (κ3) is 5.63. The molecule has 0 aliphatic heterocycles. The predicted molar refractivity (Wildman–Crippen MR) is 63.2 cm³/mol. The van der Waals surface area contributed by atoms with Gasteiger partial charge in [0.25, 0.3) is 0 Å². The van der Waals surface area contributed by atoms with Gasteiger partial charge >= 0.3 is 0 Å². The molecule has 0 saturated carbocycles. The van der Waals surface area contributed by atoms with E-state index in [0.29, 0.717) is 0 Å². The molecule has 0 spiro atoms. The van der Waals surface area contributed by atoms with Crippen LogP contribution in [0.3, 0.4) is 0 Å². The van der Waals surface area contributed by atoms with Gasteiger partial charge in [-0.05, 0) is 45.8 Å². The van der Waals surface area contributed by atoms with E-state index in [1.807, 2.05) is 13.0 Å². The third-order valence-corrected chi connectivity index (χ3v) is 1.69. The molecule has 0 aromatic carbocycles. The summed E-state index contributed by atoms with van der Waals surface area (Å²) in [5, 5.41) is 0. The summed E-state index contributed by atoms with van der Waals surface area (Å²) in [6.45, 7) is 11.2. The minimum Gasteiger partial charge on any atom is -0.493 e. The second kappa shape index (κ2) is 7.43. The van der Waals surface area contributed by atoms with Crippen LogP contribution in [0.25, 0.3) is 0 Å². The van der Waals surface area contributed by atoms with Gasteiger partial charge in [0.1, 0.15) is 5.76 Å². The number of allylic oxidation sites excluding steroid dienone is 5. The Morgan fingerprint density at radius 2 is 1.86 bits per heavy atom. The van der Waals surface area contributed by atoms with E-state index in [4.69, 9.17) is 4.74 Å². The van der Waals surface area contributed by atoms with Crippen molar-refractivity contribution in [2.24, 2.45) is 0 Å². The lowest BCUT2D eigenvalue weighted by Gasteiger charge is -2.08. The van der Waals surface area contributed by atoms with E-state index >= 15 is 0 Å². The van der Waals surface area contributed by atoms with E-state index in [1.54, 1.807) is 0 Å². The Bertz CT molecular complexity index is 240. The molecule has 0 aromatic heterocycles. The average molecular weight is 194 g/mol. The molecule has 0 saturated heterocycles. The topological polar surface area (TPSA) is 9.23 Å². The third-order valence-electron chi connectivity index (χ3n) is 1.69. The van der Waals surface area contributed by atoms with Crippen molar-refractivity contribution in [1.29, 1.82) is 0 Å². The molecule has 0 aliphatic carbocycles. The number of ether oxygens (including phenoxy) is 1. The van der Waals surface area contributed by atoms with E-state index in [1.165, 1.54) is 11.1 Å². The van der Waals surface area contributed by atoms with Crippen LogP contribution in [0, 0.1) is 0 Å². The zero-order valence-electron chi connectivity index (χ0n) is 10.1. The van der Waals surface area contributed by atoms with Crippen LogP contribution in [0.1, 0.15) is 41.0 Å². The quantitative estimate of drug-likeness (QED) is 0.470. The summed E-state index contributed by atoms with van der Waals surface area (Å²) in [6, 6.07) is 0. The highest BCUT2D eigenvalue weighted by atomic mass is 16.5. The monoisotopic (exact) mass is 194 g/mol. The number of hydrogen-bond acceptors (Lipinski definition) is 1. The van der Waals surface area contributed by atoms with Crippen molar-refractivity contribution >= 4 is 0 Å². The summed E-state index contributed by atoms with van der Waals surface area (Å²) in [5.74, 6) is 0.991. The van der Waals surface area contributed by atoms with Crippen LogP contribution in [0.15, 0.2) is 35.1 Å². The molecule has 0 heterocycles. The molecule has 0 fully saturated rings. The first kappa shape index (κ1) is 13.0. The molecule has 0 N–H and O–H groups in total. The molecule has 0 atom stereocenters. The van der Waals surface area contributed by atoms with Crippen molar-refractivity contribution in [3.8, 4) is 0 Å². The van der Waals surface area contributed by atoms with Gasteiger partial charge in [-0.15, -0.1) is 0 Å². The van der Waals surface area contributed by atoms with Crippen molar-refractivity contribution in [3.05, 3.63) is 35.1 Å². The van der Waals surface area contributed by atoms with Crippen LogP contribution in [0.4, 0.5) is 0 Å². The summed E-state index contributed by atoms with van der Waals surface area (Å²) in [7, 11) is 0. The fraction of sp³-hybridized carbons (Fsp3) is 0.538. The fourth-order valence-electron chi connectivity index (χ4n) is 1.08. The van der Waals surface area contributed by atoms with Crippen molar-refractivity contribution < 1.29 is 4.74 Å². The van der Waals surface area contributed by atoms with Crippen LogP contribution in [-0.2, 0) is 4.74 Å². The van der Waals surface area contributed by atoms with Gasteiger partial charge < -0.3 is 4.74 Å². The first-order valence-corrected chi connectivity index (χ1v) is 5.23. The fourth-order valence-corrected chi connectivity index (χ4v) is 1.08. The molecular weight excluding hydrogens is 172 g/mol. The molecule has 0 bridgehead atoms. The van der Waals surface area contributed by atoms with Crippen LogP contribution in [-0.4, -0.2) is 6.61 Å². The molecule has 14 heavy (non-hydrogen) atoms. The van der Waals surface area contributed by atoms with Gasteiger partial charge in [0.05, 0.1) is 6.61 Å². The summed E-state index contributed by atoms with van der Waals surface area (Å²) in [5.41, 5.74) is 2.45. The molecule has 1 nitrogen and oxygen atoms in total. The standard InChI is InChI=1S/C13H22O/c1-6-8-12(5)13(10-11(3)4)14-9-7-2/h6,8,10H,7,9H2,1-5H3/b8-6-,13-12+. The smallest absolute Gasteiger partial charge is 0.122 e. The van der Waals surface area contributed by atoms with Gasteiger partial charge in [-0.1, -0.05) is 24.6 Å². The van der Waals surface area contributed by atoms with Crippen molar-refractivity contribution in [2.45, 2.75) is 41.0 Å². The second-order valence-electron chi connectivity index (χ2n) is 3.62. The zero-order valence-corrected chi connectivity index (χ0v) is 10.1. The molecule has 0 radical (unpaired) electrons. The molecule has 80 valence electrons. The molecular formula is C13H22O. The number of hydrogen-bond donors (Lipinski definition) is 0. The molecule has 0 aliphatic rings. The Morgan fingerprint density at radius 1 is 1.21 bits per heavy atom. The summed E-state index contributed by atoms with van der Waals surface area (Å²) in [6.07, 6.45) is 7.24. The van der Waals surface area contributed by atoms with E-state index in [0.717, 1.165) is 18.8 Å². The maximum Gasteiger partial charge on any atom is 0.122 e. The van der Waals surface area contributed by atoms with Gasteiger partial charge in [-0.3, -0.25) is 0 Å². The Morgan fingerprint density at radius 3 is 2.29 bits per heavy atom. The highest BCUT2D eigenvalue weighted by Gasteiger charge is 1.97. The molecule has 0 unspecified atom stereocenters. The van der Waals surface area contributed by atoms with E-state index in [9.17, 15) is 0 Å². The maximum absolute atomic E-state index is 5.67. The van der Waals surface area contributed by atoms with Gasteiger partial charge in [-0.2, -0.15) is 0 Å². The van der Waals surface area contributed by atoms with Crippen LogP contribution >= 0.6 is 0 Å². The van der Waals surface area contributed by atoms with Crippen LogP contribution < -0.4 is 0 Å². The van der Waals surface area contributed by atoms with Gasteiger partial charge in [0, 0.05) is 0 Å². The molecule has 0 aromatic rings. The average Bonchev–Trinajstić information content (AvgIpc) is 2.12. The first-order valence-electron chi connectivity index (χ1n) is 5.23. The SMILES string of the molecule is C/C=C\C(C)=C(/C=C(C)C)OCCC. The van der Waals surface area contributed by atoms with E-state index in [2.05, 4.69) is 39.8 Å². The minimum atomic E-state index is 0.786. The Balaban J connectivity index is 4.69.